The summed E-state index contributed by atoms with van der Waals surface area (Å²) in [6, 6.07) is 14.4. The average molecular weight is 396 g/mol. The van der Waals surface area contributed by atoms with E-state index in [-0.39, 0.29) is 30.2 Å². The summed E-state index contributed by atoms with van der Waals surface area (Å²) in [7, 11) is 1.56. The van der Waals surface area contributed by atoms with Gasteiger partial charge in [-0.3, -0.25) is 9.59 Å². The summed E-state index contributed by atoms with van der Waals surface area (Å²) >= 11 is 0. The largest absolute Gasteiger partial charge is 0.495 e. The minimum atomic E-state index is -0.375. The van der Waals surface area contributed by atoms with Crippen molar-refractivity contribution in [2.45, 2.75) is 44.6 Å². The minimum absolute atomic E-state index is 0.0116. The number of benzene rings is 2. The summed E-state index contributed by atoms with van der Waals surface area (Å²) in [6.07, 6.45) is 5.38. The third kappa shape index (κ3) is 5.81. The molecule has 2 aromatic carbocycles. The minimum Gasteiger partial charge on any atom is -0.495 e. The van der Waals surface area contributed by atoms with Crippen LogP contribution in [0.5, 0.6) is 5.75 Å². The van der Waals surface area contributed by atoms with Gasteiger partial charge >= 0.3 is 0 Å². The van der Waals surface area contributed by atoms with E-state index in [1.54, 1.807) is 25.3 Å². The standard InChI is InChI=1S/C23H29N3O3/c1-29-21-13-12-18(14-20(21)26-23(28)17-10-6-3-7-11-17)25-22(27)15-19(24)16-8-4-2-5-9-16/h2,4-5,8-9,12-14,17,19H,3,6-7,10-11,15,24H2,1H3,(H,25,27)(H,26,28). The molecule has 0 radical (unpaired) electrons. The average Bonchev–Trinajstić information content (AvgIpc) is 2.75. The SMILES string of the molecule is COc1ccc(NC(=O)CC(N)c2ccccc2)cc1NC(=O)C1CCCCC1. The smallest absolute Gasteiger partial charge is 0.227 e. The molecule has 0 aromatic heterocycles. The van der Waals surface area contributed by atoms with Crippen LogP contribution in [-0.4, -0.2) is 18.9 Å². The number of hydrogen-bond acceptors (Lipinski definition) is 4. The van der Waals surface area contributed by atoms with Crippen LogP contribution in [0.2, 0.25) is 0 Å². The fourth-order valence-electron chi connectivity index (χ4n) is 3.71. The van der Waals surface area contributed by atoms with Gasteiger partial charge < -0.3 is 21.1 Å². The highest BCUT2D eigenvalue weighted by atomic mass is 16.5. The summed E-state index contributed by atoms with van der Waals surface area (Å²) in [5.41, 5.74) is 8.21. The molecule has 1 unspecified atom stereocenters. The molecular weight excluding hydrogens is 366 g/mol. The maximum atomic E-state index is 12.6. The van der Waals surface area contributed by atoms with Gasteiger partial charge in [0.15, 0.2) is 0 Å². The Morgan fingerprint density at radius 2 is 1.79 bits per heavy atom. The van der Waals surface area contributed by atoms with Crippen molar-refractivity contribution >= 4 is 23.2 Å². The van der Waals surface area contributed by atoms with Crippen LogP contribution in [0, 0.1) is 5.92 Å². The Kier molecular flexibility index (Phi) is 7.25. The van der Waals surface area contributed by atoms with Crippen LogP contribution in [0.4, 0.5) is 11.4 Å². The number of hydrogen-bond donors (Lipinski definition) is 3. The van der Waals surface area contributed by atoms with E-state index in [2.05, 4.69) is 10.6 Å². The quantitative estimate of drug-likeness (QED) is 0.653. The third-order valence-corrected chi connectivity index (χ3v) is 5.35. The zero-order valence-electron chi connectivity index (χ0n) is 16.8. The first-order valence-corrected chi connectivity index (χ1v) is 10.2. The van der Waals surface area contributed by atoms with Crippen LogP contribution >= 0.6 is 0 Å². The second-order valence-electron chi connectivity index (χ2n) is 7.51. The fraction of sp³-hybridized carbons (Fsp3) is 0.391. The Bertz CT molecular complexity index is 833. The summed E-state index contributed by atoms with van der Waals surface area (Å²) in [6.45, 7) is 0. The van der Waals surface area contributed by atoms with Crippen molar-refractivity contribution in [2.75, 3.05) is 17.7 Å². The number of methoxy groups -OCH3 is 1. The molecule has 1 saturated carbocycles. The van der Waals surface area contributed by atoms with Crippen LogP contribution in [0.25, 0.3) is 0 Å². The number of rotatable bonds is 7. The van der Waals surface area contributed by atoms with Crippen molar-refractivity contribution in [3.8, 4) is 5.75 Å². The molecule has 0 saturated heterocycles. The lowest BCUT2D eigenvalue weighted by Gasteiger charge is -2.21. The normalized spacial score (nSPS) is 15.4. The lowest BCUT2D eigenvalue weighted by Crippen LogP contribution is -2.25. The zero-order chi connectivity index (χ0) is 20.6. The predicted octanol–water partition coefficient (Wildman–Crippen LogP) is 4.24. The molecule has 6 nitrogen and oxygen atoms in total. The van der Waals surface area contributed by atoms with E-state index in [0.717, 1.165) is 31.2 Å². The number of carbonyl (C=O) groups is 2. The topological polar surface area (TPSA) is 93.4 Å². The molecule has 154 valence electrons. The molecule has 2 amide bonds. The number of anilines is 2. The first kappa shape index (κ1) is 20.9. The van der Waals surface area contributed by atoms with E-state index in [4.69, 9.17) is 10.5 Å². The Labute approximate surface area is 171 Å². The van der Waals surface area contributed by atoms with Crippen molar-refractivity contribution in [3.05, 3.63) is 54.1 Å². The van der Waals surface area contributed by atoms with Gasteiger partial charge in [0.1, 0.15) is 5.75 Å². The van der Waals surface area contributed by atoms with Crippen LogP contribution in [0.1, 0.15) is 50.1 Å². The highest BCUT2D eigenvalue weighted by Gasteiger charge is 2.22. The van der Waals surface area contributed by atoms with Gasteiger partial charge in [-0.15, -0.1) is 0 Å². The number of amides is 2. The van der Waals surface area contributed by atoms with E-state index in [0.29, 0.717) is 17.1 Å². The second kappa shape index (κ2) is 10.1. The number of carbonyl (C=O) groups excluding carboxylic acids is 2. The van der Waals surface area contributed by atoms with Gasteiger partial charge in [0.25, 0.3) is 0 Å². The van der Waals surface area contributed by atoms with Gasteiger partial charge in [-0.2, -0.15) is 0 Å². The van der Waals surface area contributed by atoms with E-state index >= 15 is 0 Å². The molecule has 0 aliphatic heterocycles. The summed E-state index contributed by atoms with van der Waals surface area (Å²) in [5, 5.41) is 5.83. The van der Waals surface area contributed by atoms with Crippen molar-refractivity contribution in [1.82, 2.24) is 0 Å². The highest BCUT2D eigenvalue weighted by molar-refractivity contribution is 5.96. The van der Waals surface area contributed by atoms with Crippen LogP contribution in [0.3, 0.4) is 0 Å². The molecular formula is C23H29N3O3. The molecule has 1 atom stereocenters. The van der Waals surface area contributed by atoms with Crippen LogP contribution in [0.15, 0.2) is 48.5 Å². The molecule has 29 heavy (non-hydrogen) atoms. The first-order chi connectivity index (χ1) is 14.1. The van der Waals surface area contributed by atoms with Crippen molar-refractivity contribution in [2.24, 2.45) is 11.7 Å². The van der Waals surface area contributed by atoms with Crippen molar-refractivity contribution in [3.63, 3.8) is 0 Å². The van der Waals surface area contributed by atoms with Gasteiger partial charge in [0, 0.05) is 24.1 Å². The zero-order valence-corrected chi connectivity index (χ0v) is 16.8. The van der Waals surface area contributed by atoms with Gasteiger partial charge in [0.05, 0.1) is 12.8 Å². The summed E-state index contributed by atoms with van der Waals surface area (Å²) in [4.78, 5) is 25.0. The Morgan fingerprint density at radius 1 is 1.07 bits per heavy atom. The van der Waals surface area contributed by atoms with E-state index in [1.807, 2.05) is 30.3 Å². The highest BCUT2D eigenvalue weighted by Crippen LogP contribution is 2.31. The molecule has 2 aromatic rings. The Morgan fingerprint density at radius 3 is 2.48 bits per heavy atom. The van der Waals surface area contributed by atoms with Crippen molar-refractivity contribution in [1.29, 1.82) is 0 Å². The molecule has 1 fully saturated rings. The molecule has 1 aliphatic carbocycles. The lowest BCUT2D eigenvalue weighted by atomic mass is 9.88. The molecule has 1 aliphatic rings. The van der Waals surface area contributed by atoms with Gasteiger partial charge in [-0.05, 0) is 36.6 Å². The summed E-state index contributed by atoms with van der Waals surface area (Å²) in [5.74, 6) is 0.428. The van der Waals surface area contributed by atoms with E-state index < -0.39 is 0 Å². The Hall–Kier alpha value is -2.86. The van der Waals surface area contributed by atoms with Gasteiger partial charge in [0.2, 0.25) is 11.8 Å². The molecule has 6 heteroatoms. The fourth-order valence-corrected chi connectivity index (χ4v) is 3.71. The monoisotopic (exact) mass is 395 g/mol. The summed E-state index contributed by atoms with van der Waals surface area (Å²) < 4.78 is 5.37. The molecule has 3 rings (SSSR count). The number of nitrogens with one attached hydrogen (secondary N) is 2. The number of ether oxygens (including phenoxy) is 1. The second-order valence-corrected chi connectivity index (χ2v) is 7.51. The maximum absolute atomic E-state index is 12.6. The number of nitrogens with two attached hydrogens (primary N) is 1. The molecule has 0 heterocycles. The molecule has 0 bridgehead atoms. The predicted molar refractivity (Wildman–Crippen MR) is 115 cm³/mol. The molecule has 0 spiro atoms. The Balaban J connectivity index is 1.64. The van der Waals surface area contributed by atoms with Gasteiger partial charge in [-0.25, -0.2) is 0 Å². The van der Waals surface area contributed by atoms with Crippen LogP contribution in [-0.2, 0) is 9.59 Å². The van der Waals surface area contributed by atoms with Gasteiger partial charge in [-0.1, -0.05) is 49.6 Å². The molecule has 4 N–H and O–H groups in total. The van der Waals surface area contributed by atoms with Crippen molar-refractivity contribution < 1.29 is 14.3 Å². The maximum Gasteiger partial charge on any atom is 0.227 e. The van der Waals surface area contributed by atoms with E-state index in [9.17, 15) is 9.59 Å². The van der Waals surface area contributed by atoms with E-state index in [1.165, 1.54) is 6.42 Å². The third-order valence-electron chi connectivity index (χ3n) is 5.35. The first-order valence-electron chi connectivity index (χ1n) is 10.2. The van der Waals surface area contributed by atoms with Crippen LogP contribution < -0.4 is 21.1 Å². The lowest BCUT2D eigenvalue weighted by molar-refractivity contribution is -0.120.